The largest absolute Gasteiger partial charge is 0.857 e. The Bertz CT molecular complexity index is 1510. The quantitative estimate of drug-likeness (QED) is 0.201. The SMILES string of the molecule is CCOC1CCC(n2cc(N=C([O-])c3csc(-c4cn[nH]c4C4C=[NH+]4)n3)c(-c3nc(F)ccc3F)n2)CC1. The summed E-state index contributed by atoms with van der Waals surface area (Å²) in [7, 11) is 0. The maximum absolute atomic E-state index is 14.7. The first-order chi connectivity index (χ1) is 18.5. The monoisotopic (exact) mass is 538 g/mol. The van der Waals surface area contributed by atoms with E-state index in [2.05, 4.69) is 35.2 Å². The fourth-order valence-electron chi connectivity index (χ4n) is 4.70. The average molecular weight is 539 g/mol. The van der Waals surface area contributed by atoms with Crippen molar-refractivity contribution >= 4 is 29.1 Å². The lowest BCUT2D eigenvalue weighted by Crippen LogP contribution is -2.46. The van der Waals surface area contributed by atoms with Crippen molar-refractivity contribution in [3.63, 3.8) is 0 Å². The van der Waals surface area contributed by atoms with Crippen LogP contribution < -0.4 is 10.1 Å². The highest BCUT2D eigenvalue weighted by molar-refractivity contribution is 7.13. The fourth-order valence-corrected chi connectivity index (χ4v) is 5.51. The predicted molar refractivity (Wildman–Crippen MR) is 134 cm³/mol. The molecule has 4 aromatic rings. The Balaban J connectivity index is 1.33. The molecule has 5 heterocycles. The molecule has 0 spiro atoms. The second-order valence-electron chi connectivity index (χ2n) is 9.16. The summed E-state index contributed by atoms with van der Waals surface area (Å²) < 4.78 is 36.1. The van der Waals surface area contributed by atoms with E-state index in [1.54, 1.807) is 22.5 Å². The molecule has 4 aromatic heterocycles. The summed E-state index contributed by atoms with van der Waals surface area (Å²) in [4.78, 5) is 15.5. The van der Waals surface area contributed by atoms with Gasteiger partial charge < -0.3 is 9.84 Å². The van der Waals surface area contributed by atoms with E-state index in [0.717, 1.165) is 49.1 Å². The number of H-pyrrole nitrogens is 1. The van der Waals surface area contributed by atoms with Crippen molar-refractivity contribution in [1.29, 1.82) is 0 Å². The van der Waals surface area contributed by atoms with Gasteiger partial charge in [-0.2, -0.15) is 14.6 Å². The molecule has 1 atom stereocenters. The minimum absolute atomic E-state index is 0.00482. The average Bonchev–Trinajstić information content (AvgIpc) is 3.30. The minimum atomic E-state index is -0.854. The molecule has 38 heavy (non-hydrogen) atoms. The van der Waals surface area contributed by atoms with E-state index in [4.69, 9.17) is 4.74 Å². The molecular weight excluding hydrogens is 514 g/mol. The van der Waals surface area contributed by atoms with Crippen LogP contribution in [0.25, 0.3) is 22.0 Å². The maximum Gasteiger partial charge on any atom is 0.269 e. The van der Waals surface area contributed by atoms with Crippen molar-refractivity contribution < 1.29 is 23.6 Å². The van der Waals surface area contributed by atoms with Gasteiger partial charge >= 0.3 is 0 Å². The first-order valence-electron chi connectivity index (χ1n) is 12.4. The zero-order chi connectivity index (χ0) is 26.2. The van der Waals surface area contributed by atoms with Gasteiger partial charge in [0.15, 0.2) is 5.82 Å². The molecule has 6 rings (SSSR count). The van der Waals surface area contributed by atoms with E-state index >= 15 is 0 Å². The van der Waals surface area contributed by atoms with Gasteiger partial charge in [-0.25, -0.2) is 19.4 Å². The predicted octanol–water partition coefficient (Wildman–Crippen LogP) is 2.23. The number of hydrogen-bond acceptors (Lipinski definition) is 8. The molecule has 196 valence electrons. The first kappa shape index (κ1) is 24.5. The van der Waals surface area contributed by atoms with E-state index in [1.165, 1.54) is 11.3 Å². The number of hydrogen-bond donors (Lipinski definition) is 2. The van der Waals surface area contributed by atoms with Crippen LogP contribution in [0.3, 0.4) is 0 Å². The number of aromatic amines is 1. The molecular formula is C25H24F2N8O2S. The summed E-state index contributed by atoms with van der Waals surface area (Å²) in [5.41, 5.74) is 1.61. The van der Waals surface area contributed by atoms with Crippen LogP contribution in [0.4, 0.5) is 14.5 Å². The molecule has 1 saturated carbocycles. The minimum Gasteiger partial charge on any atom is -0.857 e. The second kappa shape index (κ2) is 10.1. The van der Waals surface area contributed by atoms with Crippen LogP contribution in [0.5, 0.6) is 0 Å². The molecule has 2 aliphatic rings. The van der Waals surface area contributed by atoms with Gasteiger partial charge in [-0.1, -0.05) is 0 Å². The Morgan fingerprint density at radius 1 is 1.24 bits per heavy atom. The third kappa shape index (κ3) is 4.86. The lowest BCUT2D eigenvalue weighted by molar-refractivity contribution is -0.394. The van der Waals surface area contributed by atoms with Gasteiger partial charge in [-0.05, 0) is 44.7 Å². The molecule has 10 nitrogen and oxygen atoms in total. The molecule has 0 radical (unpaired) electrons. The number of rotatable bonds is 8. The molecule has 2 N–H and O–H groups in total. The van der Waals surface area contributed by atoms with E-state index in [0.29, 0.717) is 11.6 Å². The topological polar surface area (TPSA) is 131 Å². The zero-order valence-electron chi connectivity index (χ0n) is 20.4. The van der Waals surface area contributed by atoms with Crippen molar-refractivity contribution in [2.45, 2.75) is 50.8 Å². The van der Waals surface area contributed by atoms with E-state index < -0.39 is 17.7 Å². The van der Waals surface area contributed by atoms with Crippen LogP contribution in [-0.2, 0) is 4.74 Å². The van der Waals surface area contributed by atoms with Crippen LogP contribution in [0.2, 0.25) is 0 Å². The van der Waals surface area contributed by atoms with Gasteiger partial charge in [0.2, 0.25) is 12.2 Å². The lowest BCUT2D eigenvalue weighted by Gasteiger charge is -2.28. The van der Waals surface area contributed by atoms with Crippen molar-refractivity contribution in [1.82, 2.24) is 29.9 Å². The molecule has 1 unspecified atom stereocenters. The Hall–Kier alpha value is -3.84. The fraction of sp³-hybridized carbons (Fsp3) is 0.360. The molecule has 1 fully saturated rings. The molecule has 1 aliphatic carbocycles. The van der Waals surface area contributed by atoms with Gasteiger partial charge in [-0.3, -0.25) is 14.8 Å². The molecule has 1 aliphatic heterocycles. The molecule has 0 bridgehead atoms. The van der Waals surface area contributed by atoms with Crippen LogP contribution in [0.15, 0.2) is 34.9 Å². The Morgan fingerprint density at radius 2 is 2.05 bits per heavy atom. The number of aromatic nitrogens is 6. The Kier molecular flexibility index (Phi) is 6.54. The summed E-state index contributed by atoms with van der Waals surface area (Å²) in [6.45, 7) is 2.63. The van der Waals surface area contributed by atoms with E-state index in [1.807, 2.05) is 13.1 Å². The molecule has 0 amide bonds. The van der Waals surface area contributed by atoms with Gasteiger partial charge in [0.05, 0.1) is 35.8 Å². The Morgan fingerprint density at radius 3 is 2.82 bits per heavy atom. The zero-order valence-corrected chi connectivity index (χ0v) is 21.2. The van der Waals surface area contributed by atoms with Crippen LogP contribution in [0.1, 0.15) is 56.1 Å². The summed E-state index contributed by atoms with van der Waals surface area (Å²) >= 11 is 1.29. The highest BCUT2D eigenvalue weighted by Crippen LogP contribution is 2.36. The van der Waals surface area contributed by atoms with Gasteiger partial charge in [0.1, 0.15) is 27.8 Å². The molecule has 0 aromatic carbocycles. The van der Waals surface area contributed by atoms with Crippen molar-refractivity contribution in [2.24, 2.45) is 4.99 Å². The number of thiazole rings is 1. The summed E-state index contributed by atoms with van der Waals surface area (Å²) in [5.74, 6) is -2.23. The number of nitrogens with one attached hydrogen (secondary N) is 2. The third-order valence-corrected chi connectivity index (χ3v) is 7.53. The highest BCUT2D eigenvalue weighted by atomic mass is 32.1. The van der Waals surface area contributed by atoms with Crippen molar-refractivity contribution in [2.75, 3.05) is 6.61 Å². The lowest BCUT2D eigenvalue weighted by atomic mass is 9.93. The van der Waals surface area contributed by atoms with Gasteiger partial charge in [-0.15, -0.1) is 11.3 Å². The van der Waals surface area contributed by atoms with Crippen LogP contribution >= 0.6 is 11.3 Å². The van der Waals surface area contributed by atoms with Crippen molar-refractivity contribution in [3.8, 4) is 22.0 Å². The molecule has 0 saturated heterocycles. The number of pyridine rings is 1. The van der Waals surface area contributed by atoms with Gasteiger partial charge in [0.25, 0.3) is 6.04 Å². The number of nitrogens with zero attached hydrogens (tertiary/aromatic N) is 6. The maximum atomic E-state index is 14.7. The summed E-state index contributed by atoms with van der Waals surface area (Å²) in [5, 5.41) is 26.9. The van der Waals surface area contributed by atoms with Crippen LogP contribution in [-0.4, -0.2) is 54.8 Å². The Labute approximate surface area is 220 Å². The normalized spacial score (nSPS) is 21.2. The standard InChI is InChI=1S/C25H24F2N8O2S/c1-2-37-14-5-3-13(4-6-14)35-11-18(23(34-35)22-16(26)7-8-20(27)32-22)30-24(36)19-12-38-25(31-19)15-9-29-33-21(15)17-10-28-17/h7-14,17H,2-6H2,1H3,(H,29,33)(H,30,36). The second-order valence-corrected chi connectivity index (χ2v) is 10.0. The third-order valence-electron chi connectivity index (χ3n) is 6.66. The van der Waals surface area contributed by atoms with E-state index in [9.17, 15) is 13.9 Å². The number of halogens is 2. The van der Waals surface area contributed by atoms with Gasteiger partial charge in [0, 0.05) is 17.9 Å². The first-order valence-corrected chi connectivity index (χ1v) is 13.3. The van der Waals surface area contributed by atoms with Crippen LogP contribution in [0, 0.1) is 11.8 Å². The van der Waals surface area contributed by atoms with E-state index in [-0.39, 0.29) is 41.0 Å². The number of aliphatic imine (C=N–C) groups is 1. The molecule has 13 heteroatoms. The highest BCUT2D eigenvalue weighted by Gasteiger charge is 2.31. The smallest absolute Gasteiger partial charge is 0.269 e. The summed E-state index contributed by atoms with van der Waals surface area (Å²) in [6, 6.07) is 2.00. The van der Waals surface area contributed by atoms with Crippen molar-refractivity contribution in [3.05, 3.63) is 53.1 Å². The number of ether oxygens (including phenoxy) is 1. The summed E-state index contributed by atoms with van der Waals surface area (Å²) in [6.07, 6.45) is 8.68.